The van der Waals surface area contributed by atoms with E-state index in [1.807, 2.05) is 6.92 Å². The monoisotopic (exact) mass is 150 g/mol. The lowest BCUT2D eigenvalue weighted by Gasteiger charge is -2.03. The van der Waals surface area contributed by atoms with Gasteiger partial charge in [-0.1, -0.05) is 0 Å². The van der Waals surface area contributed by atoms with E-state index in [2.05, 4.69) is 17.3 Å². The van der Waals surface area contributed by atoms with E-state index in [-0.39, 0.29) is 5.92 Å². The van der Waals surface area contributed by atoms with E-state index >= 15 is 0 Å². The zero-order chi connectivity index (χ0) is 8.53. The van der Waals surface area contributed by atoms with Crippen LogP contribution in [-0.4, -0.2) is 13.1 Å². The average Bonchev–Trinajstić information content (AvgIpc) is 2.04. The molecule has 1 atom stereocenters. The Hall–Kier alpha value is -0.990. The van der Waals surface area contributed by atoms with Crippen molar-refractivity contribution in [3.63, 3.8) is 0 Å². The summed E-state index contributed by atoms with van der Waals surface area (Å²) in [6, 6.07) is 2.15. The van der Waals surface area contributed by atoms with Crippen LogP contribution in [0.3, 0.4) is 0 Å². The van der Waals surface area contributed by atoms with Crippen LogP contribution in [0.4, 0.5) is 0 Å². The maximum Gasteiger partial charge on any atom is 0.0666 e. The Balaban J connectivity index is 3.04. The Labute approximate surface area is 68.6 Å². The molecule has 0 aromatic carbocycles. The smallest absolute Gasteiger partial charge is 0.0666 e. The molecule has 0 fully saturated rings. The fraction of sp³-hybridized carbons (Fsp3) is 0.667. The predicted molar refractivity (Wildman–Crippen MR) is 45.7 cm³/mol. The number of nitriles is 1. The Bertz CT molecular complexity index is 161. The first-order chi connectivity index (χ1) is 5.31. The normalized spacial score (nSPS) is 11.5. The summed E-state index contributed by atoms with van der Waals surface area (Å²) in [6.07, 6.45) is 6.87. The summed E-state index contributed by atoms with van der Waals surface area (Å²) in [6.45, 7) is 3.57. The van der Waals surface area contributed by atoms with Crippen molar-refractivity contribution in [2.75, 3.05) is 13.1 Å². The number of nitrogens with zero attached hydrogens (tertiary/aromatic N) is 1. The van der Waals surface area contributed by atoms with Gasteiger partial charge < -0.3 is 5.32 Å². The second-order valence-electron chi connectivity index (χ2n) is 2.54. The lowest BCUT2D eigenvalue weighted by molar-refractivity contribution is 0.589. The van der Waals surface area contributed by atoms with Gasteiger partial charge in [-0.25, -0.2) is 0 Å². The largest absolute Gasteiger partial charge is 0.315 e. The first-order valence-corrected chi connectivity index (χ1v) is 3.85. The van der Waals surface area contributed by atoms with Crippen LogP contribution in [0.2, 0.25) is 0 Å². The van der Waals surface area contributed by atoms with Crippen LogP contribution in [0.5, 0.6) is 0 Å². The van der Waals surface area contributed by atoms with Gasteiger partial charge in [-0.3, -0.25) is 0 Å². The van der Waals surface area contributed by atoms with E-state index in [9.17, 15) is 0 Å². The fourth-order valence-electron chi connectivity index (χ4n) is 0.680. The molecule has 1 N–H and O–H groups in total. The van der Waals surface area contributed by atoms with E-state index in [4.69, 9.17) is 11.7 Å². The molecule has 0 aromatic heterocycles. The summed E-state index contributed by atoms with van der Waals surface area (Å²) in [5, 5.41) is 11.6. The van der Waals surface area contributed by atoms with Gasteiger partial charge in [-0.05, 0) is 19.9 Å². The molecule has 0 aromatic rings. The molecule has 0 rings (SSSR count). The summed E-state index contributed by atoms with van der Waals surface area (Å²) >= 11 is 0. The predicted octanol–water partition coefficient (Wildman–Crippen LogP) is 1.15. The van der Waals surface area contributed by atoms with Crippen molar-refractivity contribution >= 4 is 0 Å². The van der Waals surface area contributed by atoms with Gasteiger partial charge in [0.15, 0.2) is 0 Å². The first-order valence-electron chi connectivity index (χ1n) is 3.85. The van der Waals surface area contributed by atoms with Gasteiger partial charge in [0.2, 0.25) is 0 Å². The molecule has 1 unspecified atom stereocenters. The Kier molecular flexibility index (Phi) is 6.48. The van der Waals surface area contributed by atoms with Crippen molar-refractivity contribution in [3.05, 3.63) is 0 Å². The van der Waals surface area contributed by atoms with Gasteiger partial charge in [-0.15, -0.1) is 12.3 Å². The van der Waals surface area contributed by atoms with Crippen molar-refractivity contribution in [1.82, 2.24) is 5.32 Å². The highest BCUT2D eigenvalue weighted by Gasteiger charge is 1.95. The Morgan fingerprint density at radius 3 is 2.91 bits per heavy atom. The van der Waals surface area contributed by atoms with Crippen LogP contribution in [0.1, 0.15) is 19.8 Å². The van der Waals surface area contributed by atoms with E-state index in [1.54, 1.807) is 0 Å². The highest BCUT2D eigenvalue weighted by atomic mass is 14.8. The summed E-state index contributed by atoms with van der Waals surface area (Å²) in [7, 11) is 0. The van der Waals surface area contributed by atoms with Crippen molar-refractivity contribution in [1.29, 1.82) is 5.26 Å². The van der Waals surface area contributed by atoms with Crippen LogP contribution in [0.15, 0.2) is 0 Å². The minimum Gasteiger partial charge on any atom is -0.315 e. The van der Waals surface area contributed by atoms with E-state index in [1.165, 1.54) is 0 Å². The van der Waals surface area contributed by atoms with Gasteiger partial charge in [0, 0.05) is 13.0 Å². The molecule has 0 aliphatic carbocycles. The third kappa shape index (κ3) is 6.90. The maximum absolute atomic E-state index is 8.42. The van der Waals surface area contributed by atoms with Crippen LogP contribution >= 0.6 is 0 Å². The third-order valence-corrected chi connectivity index (χ3v) is 1.35. The number of hydrogen-bond acceptors (Lipinski definition) is 2. The lowest BCUT2D eigenvalue weighted by atomic mass is 10.2. The van der Waals surface area contributed by atoms with Gasteiger partial charge >= 0.3 is 0 Å². The summed E-state index contributed by atoms with van der Waals surface area (Å²) in [4.78, 5) is 0. The van der Waals surface area contributed by atoms with Crippen molar-refractivity contribution in [3.8, 4) is 18.4 Å². The van der Waals surface area contributed by atoms with Gasteiger partial charge in [0.25, 0.3) is 0 Å². The zero-order valence-corrected chi connectivity index (χ0v) is 6.93. The SMILES string of the molecule is C#CCCCNCC(C)C#N. The quantitative estimate of drug-likeness (QED) is 0.471. The molecular formula is C9H14N2. The van der Waals surface area contributed by atoms with Gasteiger partial charge in [0.05, 0.1) is 12.0 Å². The van der Waals surface area contributed by atoms with Gasteiger partial charge in [-0.2, -0.15) is 5.26 Å². The molecule has 0 saturated heterocycles. The molecule has 0 aliphatic heterocycles. The second kappa shape index (κ2) is 7.12. The molecule has 0 spiro atoms. The Morgan fingerprint density at radius 2 is 2.36 bits per heavy atom. The number of terminal acetylenes is 1. The first kappa shape index (κ1) is 10.0. The molecule has 0 amide bonds. The van der Waals surface area contributed by atoms with Crippen LogP contribution in [0.25, 0.3) is 0 Å². The molecule has 0 heterocycles. The van der Waals surface area contributed by atoms with E-state index in [0.29, 0.717) is 0 Å². The highest BCUT2D eigenvalue weighted by molar-refractivity contribution is 4.84. The average molecular weight is 150 g/mol. The zero-order valence-electron chi connectivity index (χ0n) is 6.93. The molecule has 0 bridgehead atoms. The van der Waals surface area contributed by atoms with Crippen molar-refractivity contribution in [2.45, 2.75) is 19.8 Å². The molecular weight excluding hydrogens is 136 g/mol. The molecule has 0 saturated carbocycles. The molecule has 2 nitrogen and oxygen atoms in total. The minimum absolute atomic E-state index is 0.0980. The third-order valence-electron chi connectivity index (χ3n) is 1.35. The lowest BCUT2D eigenvalue weighted by Crippen LogP contribution is -2.21. The maximum atomic E-state index is 8.42. The van der Waals surface area contributed by atoms with Crippen molar-refractivity contribution < 1.29 is 0 Å². The number of nitrogens with one attached hydrogen (secondary N) is 1. The summed E-state index contributed by atoms with van der Waals surface area (Å²) in [5.41, 5.74) is 0. The molecule has 2 heteroatoms. The molecule has 11 heavy (non-hydrogen) atoms. The van der Waals surface area contributed by atoms with Crippen LogP contribution in [0, 0.1) is 29.6 Å². The number of hydrogen-bond donors (Lipinski definition) is 1. The van der Waals surface area contributed by atoms with E-state index in [0.717, 1.165) is 25.9 Å². The van der Waals surface area contributed by atoms with Crippen LogP contribution < -0.4 is 5.32 Å². The molecule has 0 aliphatic rings. The number of rotatable bonds is 5. The summed E-state index contributed by atoms with van der Waals surface area (Å²) < 4.78 is 0. The van der Waals surface area contributed by atoms with Gasteiger partial charge in [0.1, 0.15) is 0 Å². The van der Waals surface area contributed by atoms with Crippen molar-refractivity contribution in [2.24, 2.45) is 5.92 Å². The van der Waals surface area contributed by atoms with E-state index < -0.39 is 0 Å². The molecule has 60 valence electrons. The standard InChI is InChI=1S/C9H14N2/c1-3-4-5-6-11-8-9(2)7-10/h1,9,11H,4-6,8H2,2H3. The number of unbranched alkanes of at least 4 members (excludes halogenated alkanes) is 1. The highest BCUT2D eigenvalue weighted by Crippen LogP contribution is 1.88. The molecule has 0 radical (unpaired) electrons. The summed E-state index contributed by atoms with van der Waals surface area (Å²) in [5.74, 6) is 2.66. The minimum atomic E-state index is 0.0980. The second-order valence-corrected chi connectivity index (χ2v) is 2.54. The fourth-order valence-corrected chi connectivity index (χ4v) is 0.680. The Morgan fingerprint density at radius 1 is 1.64 bits per heavy atom. The van der Waals surface area contributed by atoms with Crippen LogP contribution in [-0.2, 0) is 0 Å². The topological polar surface area (TPSA) is 35.8 Å².